The third-order valence-electron chi connectivity index (χ3n) is 10.8. The van der Waals surface area contributed by atoms with Crippen molar-refractivity contribution in [2.75, 3.05) is 0 Å². The first-order valence-corrected chi connectivity index (χ1v) is 13.0. The van der Waals surface area contributed by atoms with Crippen LogP contribution in [0.4, 0.5) is 0 Å². The van der Waals surface area contributed by atoms with E-state index in [0.717, 1.165) is 42.4 Å². The Labute approximate surface area is 181 Å². The second kappa shape index (κ2) is 7.68. The molecule has 29 heavy (non-hydrogen) atoms. The summed E-state index contributed by atoms with van der Waals surface area (Å²) in [6.45, 7) is 15.3. The Hall–Kier alpha value is -0.300. The van der Waals surface area contributed by atoms with Gasteiger partial charge in [0.1, 0.15) is 0 Å². The molecule has 0 aromatic rings. The van der Waals surface area contributed by atoms with Crippen molar-refractivity contribution in [1.29, 1.82) is 0 Å². The van der Waals surface area contributed by atoms with Crippen molar-refractivity contribution in [1.82, 2.24) is 0 Å². The highest BCUT2D eigenvalue weighted by atomic mass is 16.3. The standard InChI is InChI=1S/C28H48O/c1-19(2)8-7-9-20(3)23-10-11-24-27(23,5)17-14-25-26(4)16-13-22(29)18-21(26)12-15-28(24,25)6/h12,19-20,22-25,29H,7-11,13-18H2,1-6H3/t20-,22?,23-,24-,25-,26+,27-,28+/m1/s1. The number of aliphatic hydroxyl groups excluding tert-OH is 1. The number of fused-ring (bicyclic) bond motifs is 5. The largest absolute Gasteiger partial charge is 0.393 e. The van der Waals surface area contributed by atoms with Crippen molar-refractivity contribution in [3.05, 3.63) is 11.6 Å². The van der Waals surface area contributed by atoms with Gasteiger partial charge in [0.25, 0.3) is 0 Å². The summed E-state index contributed by atoms with van der Waals surface area (Å²) < 4.78 is 0. The maximum Gasteiger partial charge on any atom is 0.0577 e. The highest BCUT2D eigenvalue weighted by molar-refractivity contribution is 5.28. The summed E-state index contributed by atoms with van der Waals surface area (Å²) in [6, 6.07) is 0. The average molecular weight is 401 g/mol. The molecule has 0 heterocycles. The van der Waals surface area contributed by atoms with E-state index in [1.165, 1.54) is 57.8 Å². The van der Waals surface area contributed by atoms with Gasteiger partial charge in [-0.1, -0.05) is 72.5 Å². The molecular formula is C28H48O. The van der Waals surface area contributed by atoms with Crippen LogP contribution in [0.5, 0.6) is 0 Å². The summed E-state index contributed by atoms with van der Waals surface area (Å²) in [5.41, 5.74) is 2.99. The van der Waals surface area contributed by atoms with Gasteiger partial charge in [0.15, 0.2) is 0 Å². The molecule has 3 fully saturated rings. The highest BCUT2D eigenvalue weighted by Gasteiger charge is 2.63. The van der Waals surface area contributed by atoms with E-state index in [2.05, 4.69) is 47.6 Å². The topological polar surface area (TPSA) is 20.2 Å². The van der Waals surface area contributed by atoms with E-state index in [0.29, 0.717) is 16.2 Å². The van der Waals surface area contributed by atoms with Crippen molar-refractivity contribution in [3.8, 4) is 0 Å². The van der Waals surface area contributed by atoms with Crippen LogP contribution in [0.15, 0.2) is 11.6 Å². The number of aliphatic hydroxyl groups is 1. The van der Waals surface area contributed by atoms with Gasteiger partial charge in [0, 0.05) is 0 Å². The van der Waals surface area contributed by atoms with Crippen LogP contribution in [0.2, 0.25) is 0 Å². The molecule has 3 saturated carbocycles. The first-order chi connectivity index (χ1) is 13.6. The maximum atomic E-state index is 10.3. The second-order valence-electron chi connectivity index (χ2n) is 12.9. The zero-order valence-corrected chi connectivity index (χ0v) is 20.3. The quantitative estimate of drug-likeness (QED) is 0.467. The van der Waals surface area contributed by atoms with E-state index >= 15 is 0 Å². The van der Waals surface area contributed by atoms with Gasteiger partial charge in [-0.3, -0.25) is 0 Å². The number of rotatable bonds is 5. The zero-order chi connectivity index (χ0) is 21.0. The van der Waals surface area contributed by atoms with E-state index in [4.69, 9.17) is 0 Å². The molecule has 1 unspecified atom stereocenters. The lowest BCUT2D eigenvalue weighted by atomic mass is 9.41. The van der Waals surface area contributed by atoms with Crippen LogP contribution in [0, 0.1) is 45.8 Å². The van der Waals surface area contributed by atoms with Gasteiger partial charge < -0.3 is 5.11 Å². The summed E-state index contributed by atoms with van der Waals surface area (Å²) in [7, 11) is 0. The SMILES string of the molecule is CC(C)CCC[C@@H](C)[C@H]1CC[C@@H]2[C@]1(C)CC[C@H]1[C@@]2(C)CC=C2CC(O)CC[C@@]21C. The molecule has 166 valence electrons. The normalized spacial score (nSPS) is 47.9. The maximum absolute atomic E-state index is 10.3. The minimum atomic E-state index is -0.0879. The predicted octanol–water partition coefficient (Wildman–Crippen LogP) is 7.78. The summed E-state index contributed by atoms with van der Waals surface area (Å²) in [5, 5.41) is 10.3. The molecule has 0 aliphatic heterocycles. The Morgan fingerprint density at radius 1 is 0.931 bits per heavy atom. The van der Waals surface area contributed by atoms with E-state index < -0.39 is 0 Å². The van der Waals surface area contributed by atoms with E-state index in [-0.39, 0.29) is 6.10 Å². The average Bonchev–Trinajstić information content (AvgIpc) is 3.00. The van der Waals surface area contributed by atoms with E-state index in [1.807, 2.05) is 0 Å². The molecule has 8 atom stereocenters. The van der Waals surface area contributed by atoms with Crippen molar-refractivity contribution >= 4 is 0 Å². The van der Waals surface area contributed by atoms with Crippen LogP contribution in [0.25, 0.3) is 0 Å². The molecule has 4 aliphatic rings. The van der Waals surface area contributed by atoms with Crippen LogP contribution >= 0.6 is 0 Å². The molecule has 0 aromatic heterocycles. The third-order valence-corrected chi connectivity index (χ3v) is 10.8. The summed E-state index contributed by atoms with van der Waals surface area (Å²) >= 11 is 0. The van der Waals surface area contributed by atoms with E-state index in [1.54, 1.807) is 5.57 Å². The van der Waals surface area contributed by atoms with Gasteiger partial charge in [-0.05, 0) is 97.2 Å². The summed E-state index contributed by atoms with van der Waals surface area (Å²) in [5.74, 6) is 4.40. The highest BCUT2D eigenvalue weighted by Crippen LogP contribution is 2.71. The van der Waals surface area contributed by atoms with Crippen LogP contribution in [0.1, 0.15) is 112 Å². The second-order valence-corrected chi connectivity index (χ2v) is 12.9. The molecule has 1 N–H and O–H groups in total. The van der Waals surface area contributed by atoms with E-state index in [9.17, 15) is 5.11 Å². The Balaban J connectivity index is 1.55. The number of hydrogen-bond acceptors (Lipinski definition) is 1. The van der Waals surface area contributed by atoms with Gasteiger partial charge in [-0.25, -0.2) is 0 Å². The van der Waals surface area contributed by atoms with Crippen molar-refractivity contribution < 1.29 is 5.11 Å². The lowest BCUT2D eigenvalue weighted by molar-refractivity contribution is -0.114. The first-order valence-electron chi connectivity index (χ1n) is 13.0. The first kappa shape index (κ1) is 21.9. The Bertz CT molecular complexity index is 634. The van der Waals surface area contributed by atoms with Gasteiger partial charge in [0.05, 0.1) is 6.10 Å². The molecule has 0 amide bonds. The van der Waals surface area contributed by atoms with Crippen molar-refractivity contribution in [2.24, 2.45) is 45.8 Å². The molecule has 0 saturated heterocycles. The molecule has 1 heteroatoms. The lowest BCUT2D eigenvalue weighted by Gasteiger charge is -2.63. The fourth-order valence-corrected chi connectivity index (χ4v) is 9.32. The molecular weight excluding hydrogens is 352 g/mol. The molecule has 1 nitrogen and oxygen atoms in total. The predicted molar refractivity (Wildman–Crippen MR) is 124 cm³/mol. The van der Waals surface area contributed by atoms with Crippen molar-refractivity contribution in [2.45, 2.75) is 118 Å². The minimum Gasteiger partial charge on any atom is -0.393 e. The van der Waals surface area contributed by atoms with Crippen molar-refractivity contribution in [3.63, 3.8) is 0 Å². The Morgan fingerprint density at radius 2 is 1.69 bits per heavy atom. The molecule has 0 spiro atoms. The minimum absolute atomic E-state index is 0.0879. The van der Waals surface area contributed by atoms with Crippen LogP contribution in [-0.2, 0) is 0 Å². The fourth-order valence-electron chi connectivity index (χ4n) is 9.32. The van der Waals surface area contributed by atoms with Gasteiger partial charge in [-0.15, -0.1) is 0 Å². The van der Waals surface area contributed by atoms with Crippen LogP contribution < -0.4 is 0 Å². The van der Waals surface area contributed by atoms with Crippen LogP contribution in [-0.4, -0.2) is 11.2 Å². The zero-order valence-electron chi connectivity index (χ0n) is 20.3. The molecule has 0 aromatic carbocycles. The third kappa shape index (κ3) is 3.46. The van der Waals surface area contributed by atoms with Gasteiger partial charge >= 0.3 is 0 Å². The summed E-state index contributed by atoms with van der Waals surface area (Å²) in [4.78, 5) is 0. The smallest absolute Gasteiger partial charge is 0.0577 e. The number of allylic oxidation sites excluding steroid dienone is 1. The Kier molecular flexibility index (Phi) is 5.81. The Morgan fingerprint density at radius 3 is 2.41 bits per heavy atom. The molecule has 4 aliphatic carbocycles. The van der Waals surface area contributed by atoms with Gasteiger partial charge in [0.2, 0.25) is 0 Å². The molecule has 4 rings (SSSR count). The summed E-state index contributed by atoms with van der Waals surface area (Å²) in [6.07, 6.45) is 17.0. The molecule has 0 bridgehead atoms. The lowest BCUT2D eigenvalue weighted by Crippen LogP contribution is -2.56. The monoisotopic (exact) mass is 400 g/mol. The van der Waals surface area contributed by atoms with Crippen LogP contribution in [0.3, 0.4) is 0 Å². The molecule has 0 radical (unpaired) electrons. The van der Waals surface area contributed by atoms with Gasteiger partial charge in [-0.2, -0.15) is 0 Å². The fraction of sp³-hybridized carbons (Fsp3) is 0.929. The number of hydrogen-bond donors (Lipinski definition) is 1.